The van der Waals surface area contributed by atoms with Crippen molar-refractivity contribution in [2.75, 3.05) is 5.32 Å². The highest BCUT2D eigenvalue weighted by molar-refractivity contribution is 7.80. The third-order valence-electron chi connectivity index (χ3n) is 3.43. The van der Waals surface area contributed by atoms with Gasteiger partial charge in [0.05, 0.1) is 0 Å². The Hall–Kier alpha value is -2.66. The van der Waals surface area contributed by atoms with Gasteiger partial charge < -0.3 is 14.8 Å². The highest BCUT2D eigenvalue weighted by Crippen LogP contribution is 2.48. The maximum atomic E-state index is 13.7. The molecule has 1 amide bonds. The molecule has 5 nitrogen and oxygen atoms in total. The smallest absolute Gasteiger partial charge is 0.434 e. The number of carbonyl (C=O) groups excluding carboxylic acids is 1. The van der Waals surface area contributed by atoms with E-state index in [0.717, 1.165) is 30.3 Å². The van der Waals surface area contributed by atoms with E-state index >= 15 is 0 Å². The number of fused-ring (bicyclic) bond motifs is 1. The van der Waals surface area contributed by atoms with E-state index in [-0.39, 0.29) is 10.8 Å². The van der Waals surface area contributed by atoms with Crippen LogP contribution in [-0.4, -0.2) is 22.4 Å². The van der Waals surface area contributed by atoms with E-state index in [1.54, 1.807) is 0 Å². The molecule has 0 saturated heterocycles. The van der Waals surface area contributed by atoms with Gasteiger partial charge in [-0.1, -0.05) is 6.07 Å². The van der Waals surface area contributed by atoms with Crippen LogP contribution in [0.5, 0.6) is 11.5 Å². The van der Waals surface area contributed by atoms with E-state index in [4.69, 9.17) is 23.8 Å². The van der Waals surface area contributed by atoms with E-state index in [2.05, 4.69) is 14.8 Å². The monoisotopic (exact) mass is 438 g/mol. The summed E-state index contributed by atoms with van der Waals surface area (Å²) >= 11 is 9.83. The van der Waals surface area contributed by atoms with Crippen molar-refractivity contribution in [3.8, 4) is 11.5 Å². The lowest BCUT2D eigenvalue weighted by Crippen LogP contribution is -2.51. The molecule has 0 aromatic heterocycles. The minimum absolute atomic E-state index is 0.0549. The normalized spacial score (nSPS) is 19.6. The maximum Gasteiger partial charge on any atom is 0.488 e. The zero-order valence-corrected chi connectivity index (χ0v) is 14.9. The summed E-state index contributed by atoms with van der Waals surface area (Å²) in [5.74, 6) is -4.31. The number of hydrogen-bond donors (Lipinski definition) is 2. The molecule has 2 N–H and O–H groups in total. The number of thiocarbonyl (C=S) groups is 1. The molecular formula is C16H8ClF5N2O3S. The third kappa shape index (κ3) is 3.80. The van der Waals surface area contributed by atoms with Crippen LogP contribution in [0.1, 0.15) is 10.4 Å². The first-order valence-electron chi connectivity index (χ1n) is 7.34. The average Bonchev–Trinajstić information content (AvgIpc) is 2.55. The van der Waals surface area contributed by atoms with Crippen LogP contribution in [-0.2, 0) is 0 Å². The second-order valence-electron chi connectivity index (χ2n) is 5.40. The Labute approximate surface area is 164 Å². The fourth-order valence-electron chi connectivity index (χ4n) is 2.19. The number of hydrogen-bond acceptors (Lipinski definition) is 4. The molecule has 0 bridgehead atoms. The van der Waals surface area contributed by atoms with Crippen LogP contribution in [0.3, 0.4) is 0 Å². The number of benzene rings is 2. The van der Waals surface area contributed by atoms with E-state index in [1.807, 2.05) is 5.32 Å². The zero-order chi connectivity index (χ0) is 20.7. The third-order valence-corrected chi connectivity index (χ3v) is 3.93. The standard InChI is InChI=1S/C16H8ClF5N2O3S/c17-15(20)16(21,22)27-10-5-4-7(6-11(10)26-15)23-14(28)24-13(25)12-8(18)2-1-3-9(12)19/h1-6H,(H2,23,24,25,28). The number of amides is 1. The Kier molecular flexibility index (Phi) is 5.06. The van der Waals surface area contributed by atoms with Gasteiger partial charge in [0.25, 0.3) is 5.91 Å². The van der Waals surface area contributed by atoms with E-state index in [9.17, 15) is 26.7 Å². The quantitative estimate of drug-likeness (QED) is 0.415. The van der Waals surface area contributed by atoms with Crippen molar-refractivity contribution in [2.45, 2.75) is 11.4 Å². The number of nitrogens with one attached hydrogen (secondary N) is 2. The molecule has 2 aromatic rings. The molecular weight excluding hydrogens is 431 g/mol. The molecule has 2 aromatic carbocycles. The SMILES string of the molecule is O=C(NC(=S)Nc1ccc2c(c1)OC(F)(Cl)C(F)(F)O2)c1c(F)cccc1F. The fraction of sp³-hybridized carbons (Fsp3) is 0.125. The van der Waals surface area contributed by atoms with Gasteiger partial charge in [-0.3, -0.25) is 10.1 Å². The van der Waals surface area contributed by atoms with Crippen LogP contribution in [0, 0.1) is 11.6 Å². The predicted octanol–water partition coefficient (Wildman–Crippen LogP) is 4.32. The molecule has 0 saturated carbocycles. The van der Waals surface area contributed by atoms with Crippen LogP contribution in [0.15, 0.2) is 36.4 Å². The predicted molar refractivity (Wildman–Crippen MR) is 92.4 cm³/mol. The Morgan fingerprint density at radius 2 is 1.68 bits per heavy atom. The summed E-state index contributed by atoms with van der Waals surface area (Å²) in [5.41, 5.74) is -0.792. The van der Waals surface area contributed by atoms with Gasteiger partial charge in [0.15, 0.2) is 16.6 Å². The van der Waals surface area contributed by atoms with Gasteiger partial charge in [-0.25, -0.2) is 8.78 Å². The Bertz CT molecular complexity index is 953. The van der Waals surface area contributed by atoms with E-state index in [0.29, 0.717) is 0 Å². The summed E-state index contributed by atoms with van der Waals surface area (Å²) in [4.78, 5) is 12.0. The molecule has 1 unspecified atom stereocenters. The summed E-state index contributed by atoms with van der Waals surface area (Å²) in [5, 5.41) is 0.173. The highest BCUT2D eigenvalue weighted by atomic mass is 35.5. The van der Waals surface area contributed by atoms with Gasteiger partial charge in [-0.05, 0) is 48.1 Å². The number of carbonyl (C=O) groups is 1. The molecule has 1 aliphatic rings. The highest BCUT2D eigenvalue weighted by Gasteiger charge is 2.63. The van der Waals surface area contributed by atoms with E-state index in [1.165, 1.54) is 6.07 Å². The first kappa shape index (κ1) is 20.1. The number of alkyl halides is 4. The molecule has 1 heterocycles. The van der Waals surface area contributed by atoms with Crippen molar-refractivity contribution in [3.63, 3.8) is 0 Å². The largest absolute Gasteiger partial charge is 0.488 e. The van der Waals surface area contributed by atoms with Crippen molar-refractivity contribution in [1.29, 1.82) is 0 Å². The van der Waals surface area contributed by atoms with Gasteiger partial charge in [0, 0.05) is 11.8 Å². The van der Waals surface area contributed by atoms with Crippen LogP contribution >= 0.6 is 23.8 Å². The van der Waals surface area contributed by atoms with Crippen molar-refractivity contribution >= 4 is 40.5 Å². The van der Waals surface area contributed by atoms with Crippen molar-refractivity contribution < 1.29 is 36.2 Å². The van der Waals surface area contributed by atoms with Crippen LogP contribution in [0.2, 0.25) is 0 Å². The first-order chi connectivity index (χ1) is 13.0. The summed E-state index contributed by atoms with van der Waals surface area (Å²) < 4.78 is 76.1. The summed E-state index contributed by atoms with van der Waals surface area (Å²) in [7, 11) is 0. The van der Waals surface area contributed by atoms with Crippen molar-refractivity contribution in [3.05, 3.63) is 53.6 Å². The second-order valence-corrected chi connectivity index (χ2v) is 6.30. The number of anilines is 1. The van der Waals surface area contributed by atoms with Crippen LogP contribution in [0.25, 0.3) is 0 Å². The zero-order valence-electron chi connectivity index (χ0n) is 13.4. The van der Waals surface area contributed by atoms with Gasteiger partial charge in [-0.15, -0.1) is 0 Å². The number of halogens is 6. The van der Waals surface area contributed by atoms with Crippen LogP contribution < -0.4 is 20.1 Å². The van der Waals surface area contributed by atoms with Gasteiger partial charge in [0.2, 0.25) is 0 Å². The first-order valence-corrected chi connectivity index (χ1v) is 8.13. The lowest BCUT2D eigenvalue weighted by atomic mass is 10.2. The minimum atomic E-state index is -4.43. The lowest BCUT2D eigenvalue weighted by Gasteiger charge is -2.33. The van der Waals surface area contributed by atoms with Crippen molar-refractivity contribution in [2.24, 2.45) is 0 Å². The summed E-state index contributed by atoms with van der Waals surface area (Å²) in [6, 6.07) is 6.08. The second kappa shape index (κ2) is 7.06. The molecule has 1 atom stereocenters. The van der Waals surface area contributed by atoms with Crippen molar-refractivity contribution in [1.82, 2.24) is 5.32 Å². The summed E-state index contributed by atoms with van der Waals surface area (Å²) in [6.45, 7) is 0. The number of rotatable bonds is 2. The van der Waals surface area contributed by atoms with Gasteiger partial charge in [-0.2, -0.15) is 13.2 Å². The summed E-state index contributed by atoms with van der Waals surface area (Å²) in [6.07, 6.45) is -4.43. The average molecular weight is 439 g/mol. The molecule has 12 heteroatoms. The topological polar surface area (TPSA) is 59.6 Å². The Morgan fingerprint density at radius 3 is 2.32 bits per heavy atom. The molecule has 0 radical (unpaired) electrons. The minimum Gasteiger partial charge on any atom is -0.434 e. The Morgan fingerprint density at radius 1 is 1.04 bits per heavy atom. The van der Waals surface area contributed by atoms with Crippen LogP contribution in [0.4, 0.5) is 27.6 Å². The lowest BCUT2D eigenvalue weighted by molar-refractivity contribution is -0.303. The Balaban J connectivity index is 1.73. The molecule has 3 rings (SSSR count). The fourth-order valence-corrected chi connectivity index (χ4v) is 2.52. The molecule has 0 aliphatic carbocycles. The van der Waals surface area contributed by atoms with E-state index < -0.39 is 46.0 Å². The molecule has 0 fully saturated rings. The molecule has 148 valence electrons. The molecule has 0 spiro atoms. The molecule has 1 aliphatic heterocycles. The number of ether oxygens (including phenoxy) is 2. The molecule has 28 heavy (non-hydrogen) atoms. The van der Waals surface area contributed by atoms with Gasteiger partial charge >= 0.3 is 11.4 Å². The van der Waals surface area contributed by atoms with Gasteiger partial charge in [0.1, 0.15) is 17.2 Å². The maximum absolute atomic E-state index is 13.7.